The van der Waals surface area contributed by atoms with E-state index in [1.54, 1.807) is 12.5 Å². The van der Waals surface area contributed by atoms with Crippen molar-refractivity contribution in [3.63, 3.8) is 0 Å². The molecule has 0 aliphatic heterocycles. The second-order valence-electron chi connectivity index (χ2n) is 0.793. The molecular weight excluding hydrogens is 98.0 g/mol. The van der Waals surface area contributed by atoms with Gasteiger partial charge in [0, 0.05) is 0 Å². The van der Waals surface area contributed by atoms with Gasteiger partial charge in [-0.2, -0.15) is 0 Å². The Morgan fingerprint density at radius 2 is 1.57 bits per heavy atom. The molecule has 0 fully saturated rings. The fourth-order valence-corrected chi connectivity index (χ4v) is 0.227. The molecule has 34 valence electrons. The van der Waals surface area contributed by atoms with Crippen LogP contribution in [0.5, 0.6) is 0 Å². The standard InChI is InChI=1S/C4H4O.Al.Li.4H/c1-2-4-5-3-1;;;;;;/h1-4H;;;;;;/p+1. The van der Waals surface area contributed by atoms with E-state index >= 15 is 0 Å². The fraction of sp³-hybridized carbons (Fsp3) is 0. The third-order valence-corrected chi connectivity index (χ3v) is 0.425. The van der Waals surface area contributed by atoms with E-state index in [9.17, 15) is 0 Å². The van der Waals surface area contributed by atoms with Crippen LogP contribution < -0.4 is 0 Å². The largest absolute Gasteiger partial charge is 0.473 e. The van der Waals surface area contributed by atoms with Gasteiger partial charge in [0.15, 0.2) is 17.4 Å². The minimum absolute atomic E-state index is 0. The van der Waals surface area contributed by atoms with Gasteiger partial charge in [-0.15, -0.1) is 0 Å². The van der Waals surface area contributed by atoms with Crippen molar-refractivity contribution < 1.29 is 5.84 Å². The Hall–Kier alpha value is 0.410. The molecule has 0 N–H and O–H groups in total. The SMILES string of the molecule is [AlH3].[H+].[LiH].c1ccoc1. The zero-order valence-electron chi connectivity index (χ0n) is 3.72. The maximum Gasteiger partial charge on any atom is 0.0902 e. The third-order valence-electron chi connectivity index (χ3n) is 0.425. The van der Waals surface area contributed by atoms with Crippen molar-refractivity contribution in [1.82, 2.24) is 0 Å². The van der Waals surface area contributed by atoms with Crippen LogP contribution in [0.1, 0.15) is 1.43 Å². The predicted molar refractivity (Wildman–Crippen MR) is 36.9 cm³/mol. The summed E-state index contributed by atoms with van der Waals surface area (Å²) in [7, 11) is 0. The summed E-state index contributed by atoms with van der Waals surface area (Å²) in [5.41, 5.74) is 0. The van der Waals surface area contributed by atoms with E-state index in [0.29, 0.717) is 0 Å². The second-order valence-corrected chi connectivity index (χ2v) is 0.793. The van der Waals surface area contributed by atoms with E-state index in [2.05, 4.69) is 4.42 Å². The van der Waals surface area contributed by atoms with Crippen LogP contribution in [0.2, 0.25) is 0 Å². The Balaban J connectivity index is -0.0000000833. The molecule has 0 saturated heterocycles. The average Bonchev–Trinajstić information content (AvgIpc) is 1.76. The van der Waals surface area contributed by atoms with E-state index in [1.807, 2.05) is 12.1 Å². The first kappa shape index (κ1) is 10.4. The van der Waals surface area contributed by atoms with Crippen LogP contribution in [0.4, 0.5) is 0 Å². The molecule has 0 radical (unpaired) electrons. The molecule has 1 rings (SSSR count). The van der Waals surface area contributed by atoms with Crippen LogP contribution in [0.15, 0.2) is 29.1 Å². The molecule has 0 aromatic carbocycles. The zero-order valence-corrected chi connectivity index (χ0v) is 2.72. The topological polar surface area (TPSA) is 13.1 Å². The molecule has 0 bridgehead atoms. The van der Waals surface area contributed by atoms with Crippen molar-refractivity contribution in [1.29, 1.82) is 0 Å². The number of rotatable bonds is 0. The summed E-state index contributed by atoms with van der Waals surface area (Å²) in [5.74, 6) is 0. The van der Waals surface area contributed by atoms with Gasteiger partial charge in [0.2, 0.25) is 0 Å². The summed E-state index contributed by atoms with van der Waals surface area (Å²) < 4.78 is 4.58. The Morgan fingerprint density at radius 1 is 1.14 bits per heavy atom. The third kappa shape index (κ3) is 4.26. The van der Waals surface area contributed by atoms with Crippen LogP contribution in [-0.2, 0) is 0 Å². The van der Waals surface area contributed by atoms with E-state index in [0.717, 1.165) is 0 Å². The van der Waals surface area contributed by atoms with Gasteiger partial charge in [-0.3, -0.25) is 0 Å². The molecule has 3 heteroatoms. The summed E-state index contributed by atoms with van der Waals surface area (Å²) in [6.45, 7) is 0. The molecule has 1 heterocycles. The number of hydrogen-bond acceptors (Lipinski definition) is 1. The molecule has 7 heavy (non-hydrogen) atoms. The first-order chi connectivity index (χ1) is 2.50. The molecule has 1 aromatic rings. The van der Waals surface area contributed by atoms with Gasteiger partial charge in [0.1, 0.15) is 0 Å². The van der Waals surface area contributed by atoms with Crippen molar-refractivity contribution in [3.05, 3.63) is 24.7 Å². The molecule has 0 atom stereocenters. The first-order valence-corrected chi connectivity index (χ1v) is 1.47. The van der Waals surface area contributed by atoms with E-state index in [1.165, 1.54) is 0 Å². The van der Waals surface area contributed by atoms with Crippen LogP contribution in [0, 0.1) is 0 Å². The molecule has 1 nitrogen and oxygen atoms in total. The molecule has 0 aliphatic rings. The van der Waals surface area contributed by atoms with Crippen LogP contribution in [0.25, 0.3) is 0 Å². The average molecular weight is 107 g/mol. The molecular formula is C4H9AlLiO+. The maximum atomic E-state index is 4.58. The summed E-state index contributed by atoms with van der Waals surface area (Å²) in [6.07, 6.45) is 3.25. The Labute approximate surface area is 66.9 Å². The Morgan fingerprint density at radius 3 is 1.71 bits per heavy atom. The summed E-state index contributed by atoms with van der Waals surface area (Å²) in [6, 6.07) is 3.67. The monoisotopic (exact) mass is 107 g/mol. The minimum Gasteiger partial charge on any atom is -0.473 e. The smallest absolute Gasteiger partial charge is 0.0902 e. The zero-order chi connectivity index (χ0) is 3.54. The molecule has 0 spiro atoms. The normalized spacial score (nSPS) is 5.71. The van der Waals surface area contributed by atoms with Gasteiger partial charge >= 0.3 is 20.3 Å². The van der Waals surface area contributed by atoms with E-state index in [-0.39, 0.29) is 37.6 Å². The fourth-order valence-electron chi connectivity index (χ4n) is 0.227. The van der Waals surface area contributed by atoms with Crippen molar-refractivity contribution in [2.45, 2.75) is 0 Å². The van der Waals surface area contributed by atoms with E-state index < -0.39 is 0 Å². The van der Waals surface area contributed by atoms with Gasteiger partial charge in [-0.1, -0.05) is 0 Å². The molecule has 0 aliphatic carbocycles. The van der Waals surface area contributed by atoms with Crippen LogP contribution >= 0.6 is 0 Å². The summed E-state index contributed by atoms with van der Waals surface area (Å²) in [5, 5.41) is 0. The minimum atomic E-state index is 0. The van der Waals surface area contributed by atoms with Gasteiger partial charge < -0.3 is 4.42 Å². The van der Waals surface area contributed by atoms with Crippen molar-refractivity contribution >= 4 is 36.2 Å². The van der Waals surface area contributed by atoms with Gasteiger partial charge in [0.25, 0.3) is 0 Å². The summed E-state index contributed by atoms with van der Waals surface area (Å²) >= 11 is 0. The van der Waals surface area contributed by atoms with Crippen molar-refractivity contribution in [3.8, 4) is 0 Å². The van der Waals surface area contributed by atoms with Gasteiger partial charge in [-0.05, 0) is 12.1 Å². The molecule has 0 saturated carbocycles. The van der Waals surface area contributed by atoms with Crippen molar-refractivity contribution in [2.24, 2.45) is 0 Å². The van der Waals surface area contributed by atoms with Crippen LogP contribution in [0.3, 0.4) is 0 Å². The molecule has 1 aromatic heterocycles. The Kier molecular flexibility index (Phi) is 9.53. The Bertz CT molecular complexity index is 72.5. The number of hydrogen-bond donors (Lipinski definition) is 0. The quantitative estimate of drug-likeness (QED) is 0.409. The van der Waals surface area contributed by atoms with Crippen LogP contribution in [-0.4, -0.2) is 36.2 Å². The van der Waals surface area contributed by atoms with Crippen molar-refractivity contribution in [2.75, 3.05) is 0 Å². The second kappa shape index (κ2) is 6.41. The first-order valence-electron chi connectivity index (χ1n) is 1.47. The van der Waals surface area contributed by atoms with E-state index in [4.69, 9.17) is 0 Å². The predicted octanol–water partition coefficient (Wildman–Crippen LogP) is -0.440. The van der Waals surface area contributed by atoms with Gasteiger partial charge in [0.05, 0.1) is 12.5 Å². The molecule has 0 unspecified atom stereocenters. The summed E-state index contributed by atoms with van der Waals surface area (Å²) in [4.78, 5) is 0. The van der Waals surface area contributed by atoms with Gasteiger partial charge in [-0.25, -0.2) is 0 Å². The number of furan rings is 1. The molecule has 0 amide bonds. The maximum absolute atomic E-state index is 4.58.